The number of methoxy groups -OCH3 is 1. The van der Waals surface area contributed by atoms with Crippen molar-refractivity contribution in [2.24, 2.45) is 0 Å². The maximum atomic E-state index is 12.3. The zero-order chi connectivity index (χ0) is 15.5. The van der Waals surface area contributed by atoms with Crippen LogP contribution in [-0.4, -0.2) is 19.6 Å². The van der Waals surface area contributed by atoms with Crippen LogP contribution in [0.3, 0.4) is 0 Å². The highest BCUT2D eigenvalue weighted by molar-refractivity contribution is 7.08. The first kappa shape index (κ1) is 15.9. The summed E-state index contributed by atoms with van der Waals surface area (Å²) in [6.07, 6.45) is 0. The molecule has 0 radical (unpaired) electrons. The summed E-state index contributed by atoms with van der Waals surface area (Å²) in [6, 6.07) is 7.10. The molecule has 0 bridgehead atoms. The lowest BCUT2D eigenvalue weighted by Gasteiger charge is -2.24. The van der Waals surface area contributed by atoms with Gasteiger partial charge in [-0.05, 0) is 40.6 Å². The maximum Gasteiger partial charge on any atom is 0.255 e. The van der Waals surface area contributed by atoms with E-state index in [0.717, 1.165) is 0 Å². The quantitative estimate of drug-likeness (QED) is 0.899. The lowest BCUT2D eigenvalue weighted by atomic mass is 9.86. The number of thiophene rings is 1. The molecule has 112 valence electrons. The van der Waals surface area contributed by atoms with E-state index in [1.54, 1.807) is 29.5 Å². The molecule has 0 aliphatic heterocycles. The van der Waals surface area contributed by atoms with Crippen molar-refractivity contribution in [3.05, 3.63) is 51.2 Å². The van der Waals surface area contributed by atoms with Crippen LogP contribution in [0.4, 0.5) is 0 Å². The predicted molar refractivity (Wildman–Crippen MR) is 87.7 cm³/mol. The molecule has 1 aromatic carbocycles. The van der Waals surface area contributed by atoms with Gasteiger partial charge in [0.2, 0.25) is 0 Å². The Morgan fingerprint density at radius 2 is 2.14 bits per heavy atom. The number of hydrogen-bond acceptors (Lipinski definition) is 3. The molecule has 2 rings (SSSR count). The summed E-state index contributed by atoms with van der Waals surface area (Å²) in [4.78, 5) is 12.3. The van der Waals surface area contributed by atoms with E-state index < -0.39 is 0 Å². The molecule has 0 saturated heterocycles. The Morgan fingerprint density at radius 3 is 2.76 bits per heavy atom. The van der Waals surface area contributed by atoms with Gasteiger partial charge in [0.15, 0.2) is 0 Å². The Hall–Kier alpha value is -1.52. The first-order chi connectivity index (χ1) is 9.94. The largest absolute Gasteiger partial charge is 0.496 e. The molecule has 0 spiro atoms. The van der Waals surface area contributed by atoms with Crippen LogP contribution in [-0.2, 0) is 5.41 Å². The molecule has 1 amide bonds. The van der Waals surface area contributed by atoms with Crippen molar-refractivity contribution in [1.29, 1.82) is 0 Å². The van der Waals surface area contributed by atoms with Crippen LogP contribution in [0.25, 0.3) is 0 Å². The summed E-state index contributed by atoms with van der Waals surface area (Å²) in [5.41, 5.74) is 1.54. The Labute approximate surface area is 133 Å². The third kappa shape index (κ3) is 3.77. The molecule has 0 unspecified atom stereocenters. The molecule has 1 N–H and O–H groups in total. The highest BCUT2D eigenvalue weighted by atomic mass is 35.5. The van der Waals surface area contributed by atoms with Crippen LogP contribution in [0.1, 0.15) is 29.8 Å². The van der Waals surface area contributed by atoms with Crippen molar-refractivity contribution in [3.63, 3.8) is 0 Å². The zero-order valence-corrected chi connectivity index (χ0v) is 13.8. The Bertz CT molecular complexity index is 623. The lowest BCUT2D eigenvalue weighted by molar-refractivity contribution is 0.0942. The monoisotopic (exact) mass is 323 g/mol. The van der Waals surface area contributed by atoms with Crippen LogP contribution in [0.5, 0.6) is 5.75 Å². The molecule has 2 aromatic rings. The fourth-order valence-corrected chi connectivity index (χ4v) is 3.03. The first-order valence-corrected chi connectivity index (χ1v) is 7.90. The number of amides is 1. The van der Waals surface area contributed by atoms with Crippen molar-refractivity contribution in [3.8, 4) is 5.75 Å². The van der Waals surface area contributed by atoms with Gasteiger partial charge in [0, 0.05) is 17.0 Å². The number of hydrogen-bond donors (Lipinski definition) is 1. The predicted octanol–water partition coefficient (Wildman–Crippen LogP) is 4.12. The van der Waals surface area contributed by atoms with Crippen LogP contribution < -0.4 is 10.1 Å². The van der Waals surface area contributed by atoms with E-state index in [9.17, 15) is 4.79 Å². The van der Waals surface area contributed by atoms with Gasteiger partial charge in [0.05, 0.1) is 12.7 Å². The molecule has 5 heteroatoms. The molecule has 1 heterocycles. The summed E-state index contributed by atoms with van der Waals surface area (Å²) in [5.74, 6) is 0.336. The second-order valence-electron chi connectivity index (χ2n) is 5.42. The van der Waals surface area contributed by atoms with E-state index in [4.69, 9.17) is 16.3 Å². The molecular formula is C16H18ClNO2S. The molecule has 3 nitrogen and oxygen atoms in total. The number of nitrogens with one attached hydrogen (secondary N) is 1. The third-order valence-electron chi connectivity index (χ3n) is 3.40. The van der Waals surface area contributed by atoms with E-state index in [1.807, 2.05) is 5.38 Å². The molecule has 21 heavy (non-hydrogen) atoms. The average Bonchev–Trinajstić information content (AvgIpc) is 3.00. The first-order valence-electron chi connectivity index (χ1n) is 6.58. The minimum Gasteiger partial charge on any atom is -0.496 e. The van der Waals surface area contributed by atoms with E-state index in [1.165, 1.54) is 12.7 Å². The van der Waals surface area contributed by atoms with Gasteiger partial charge in [-0.1, -0.05) is 25.4 Å². The summed E-state index contributed by atoms with van der Waals surface area (Å²) in [5, 5.41) is 7.61. The van der Waals surface area contributed by atoms with Crippen molar-refractivity contribution < 1.29 is 9.53 Å². The minimum atomic E-state index is -0.183. The fourth-order valence-electron chi connectivity index (χ4n) is 2.01. The Balaban J connectivity index is 2.10. The van der Waals surface area contributed by atoms with Gasteiger partial charge in [-0.3, -0.25) is 4.79 Å². The van der Waals surface area contributed by atoms with E-state index >= 15 is 0 Å². The molecule has 1 aromatic heterocycles. The Kier molecular flexibility index (Phi) is 4.91. The van der Waals surface area contributed by atoms with Gasteiger partial charge in [-0.2, -0.15) is 11.3 Å². The van der Waals surface area contributed by atoms with Gasteiger partial charge in [-0.15, -0.1) is 0 Å². The maximum absolute atomic E-state index is 12.3. The SMILES string of the molecule is COc1ccc(Cl)cc1C(=O)NCC(C)(C)c1ccsc1. The summed E-state index contributed by atoms with van der Waals surface area (Å²) < 4.78 is 5.21. The highest BCUT2D eigenvalue weighted by Crippen LogP contribution is 2.26. The van der Waals surface area contributed by atoms with Gasteiger partial charge in [0.25, 0.3) is 5.91 Å². The second-order valence-corrected chi connectivity index (χ2v) is 6.64. The summed E-state index contributed by atoms with van der Waals surface area (Å²) >= 11 is 7.61. The third-order valence-corrected chi connectivity index (χ3v) is 4.32. The standard InChI is InChI=1S/C16H18ClNO2S/c1-16(2,11-6-7-21-9-11)10-18-15(19)13-8-12(17)4-5-14(13)20-3/h4-9H,10H2,1-3H3,(H,18,19). The van der Waals surface area contributed by atoms with Gasteiger partial charge in [-0.25, -0.2) is 0 Å². The topological polar surface area (TPSA) is 38.3 Å². The average molecular weight is 324 g/mol. The summed E-state index contributed by atoms with van der Waals surface area (Å²) in [6.45, 7) is 4.74. The highest BCUT2D eigenvalue weighted by Gasteiger charge is 2.23. The number of carbonyl (C=O) groups is 1. The van der Waals surface area contributed by atoms with E-state index in [-0.39, 0.29) is 11.3 Å². The van der Waals surface area contributed by atoms with Crippen LogP contribution in [0.15, 0.2) is 35.0 Å². The van der Waals surface area contributed by atoms with E-state index in [2.05, 4.69) is 30.6 Å². The number of halogens is 1. The van der Waals surface area contributed by atoms with Crippen molar-refractivity contribution >= 4 is 28.8 Å². The van der Waals surface area contributed by atoms with Gasteiger partial charge < -0.3 is 10.1 Å². The normalized spacial score (nSPS) is 11.2. The zero-order valence-electron chi connectivity index (χ0n) is 12.3. The molecule has 0 atom stereocenters. The van der Waals surface area contributed by atoms with Crippen LogP contribution >= 0.6 is 22.9 Å². The van der Waals surface area contributed by atoms with Crippen molar-refractivity contribution in [1.82, 2.24) is 5.32 Å². The Morgan fingerprint density at radius 1 is 1.38 bits per heavy atom. The minimum absolute atomic E-state index is 0.124. The fraction of sp³-hybridized carbons (Fsp3) is 0.312. The second kappa shape index (κ2) is 6.50. The van der Waals surface area contributed by atoms with Gasteiger partial charge in [0.1, 0.15) is 5.75 Å². The van der Waals surface area contributed by atoms with Crippen molar-refractivity contribution in [2.75, 3.05) is 13.7 Å². The number of carbonyl (C=O) groups excluding carboxylic acids is 1. The van der Waals surface area contributed by atoms with Crippen LogP contribution in [0.2, 0.25) is 5.02 Å². The number of ether oxygens (including phenoxy) is 1. The smallest absolute Gasteiger partial charge is 0.255 e. The van der Waals surface area contributed by atoms with Crippen molar-refractivity contribution in [2.45, 2.75) is 19.3 Å². The number of benzene rings is 1. The van der Waals surface area contributed by atoms with Crippen LogP contribution in [0, 0.1) is 0 Å². The van der Waals surface area contributed by atoms with Gasteiger partial charge >= 0.3 is 0 Å². The molecular weight excluding hydrogens is 306 g/mol. The summed E-state index contributed by atoms with van der Waals surface area (Å²) in [7, 11) is 1.54. The molecule has 0 saturated carbocycles. The molecule has 0 aliphatic carbocycles. The van der Waals surface area contributed by atoms with E-state index in [0.29, 0.717) is 22.9 Å². The lowest BCUT2D eigenvalue weighted by Crippen LogP contribution is -2.36. The molecule has 0 fully saturated rings. The number of rotatable bonds is 5. The molecule has 0 aliphatic rings.